The number of amides is 1. The Morgan fingerprint density at radius 2 is 2.00 bits per heavy atom. The second-order valence-corrected chi connectivity index (χ2v) is 11.8. The molecule has 2 aromatic carbocycles. The molecule has 0 radical (unpaired) electrons. The summed E-state index contributed by atoms with van der Waals surface area (Å²) >= 11 is 4.05. The highest BCUT2D eigenvalue weighted by Crippen LogP contribution is 2.29. The van der Waals surface area contributed by atoms with Crippen LogP contribution in [-0.2, 0) is 26.8 Å². The number of hydrogen-bond donors (Lipinski definition) is 1. The molecule has 0 aliphatic carbocycles. The minimum atomic E-state index is -3.31. The fourth-order valence-corrected chi connectivity index (χ4v) is 6.18. The van der Waals surface area contributed by atoms with Gasteiger partial charge in [-0.3, -0.25) is 4.79 Å². The van der Waals surface area contributed by atoms with Crippen LogP contribution in [0.25, 0.3) is 10.2 Å². The van der Waals surface area contributed by atoms with Gasteiger partial charge >= 0.3 is 0 Å². The fraction of sp³-hybridized carbons (Fsp3) is 0.150. The van der Waals surface area contributed by atoms with Gasteiger partial charge in [0.15, 0.2) is 15.0 Å². The molecule has 0 aliphatic heterocycles. The summed E-state index contributed by atoms with van der Waals surface area (Å²) in [6.07, 6.45) is 1.23. The summed E-state index contributed by atoms with van der Waals surface area (Å²) in [5.74, 6) is -0.0449. The standard InChI is InChI=1S/C20H16FN3O3S4/c1-31(26,27)14-6-7-16-17(9-14)30-19(23-16)24-18(25)8-13-11-29-20(22-13)28-10-12-4-2-3-5-15(12)21/h2-7,9,11H,8,10H2,1H3,(H,23,24,25). The van der Waals surface area contributed by atoms with Crippen LogP contribution in [0.5, 0.6) is 0 Å². The van der Waals surface area contributed by atoms with Crippen molar-refractivity contribution in [2.24, 2.45) is 0 Å². The zero-order chi connectivity index (χ0) is 22.0. The number of nitrogens with one attached hydrogen (secondary N) is 1. The molecule has 4 rings (SSSR count). The number of carbonyl (C=O) groups excluding carboxylic acids is 1. The van der Waals surface area contributed by atoms with Crippen molar-refractivity contribution in [3.8, 4) is 0 Å². The Morgan fingerprint density at radius 1 is 1.19 bits per heavy atom. The first-order valence-electron chi connectivity index (χ1n) is 8.99. The molecule has 2 aromatic heterocycles. The molecule has 4 aromatic rings. The number of thiazole rings is 2. The third-order valence-corrected chi connectivity index (χ3v) is 8.38. The van der Waals surface area contributed by atoms with Gasteiger partial charge in [-0.15, -0.1) is 11.3 Å². The zero-order valence-corrected chi connectivity index (χ0v) is 19.4. The number of anilines is 1. The summed E-state index contributed by atoms with van der Waals surface area (Å²) in [4.78, 5) is 21.4. The lowest BCUT2D eigenvalue weighted by Crippen LogP contribution is -2.14. The van der Waals surface area contributed by atoms with Gasteiger partial charge in [0.2, 0.25) is 5.91 Å². The van der Waals surface area contributed by atoms with E-state index >= 15 is 0 Å². The SMILES string of the molecule is CS(=O)(=O)c1ccc2nc(NC(=O)Cc3csc(SCc4ccccc4F)n3)sc2c1. The Bertz CT molecular complexity index is 1370. The summed E-state index contributed by atoms with van der Waals surface area (Å²) in [7, 11) is -3.31. The maximum absolute atomic E-state index is 13.7. The number of carbonyl (C=O) groups is 1. The van der Waals surface area contributed by atoms with Crippen LogP contribution in [0.1, 0.15) is 11.3 Å². The van der Waals surface area contributed by atoms with E-state index in [1.807, 2.05) is 0 Å². The molecule has 0 spiro atoms. The molecule has 31 heavy (non-hydrogen) atoms. The Morgan fingerprint density at radius 3 is 2.77 bits per heavy atom. The molecule has 0 unspecified atom stereocenters. The second-order valence-electron chi connectivity index (χ2n) is 6.63. The van der Waals surface area contributed by atoms with Crippen LogP contribution >= 0.6 is 34.4 Å². The summed E-state index contributed by atoms with van der Waals surface area (Å²) in [5, 5.41) is 4.94. The fourth-order valence-electron chi connectivity index (χ4n) is 2.71. The third-order valence-electron chi connectivity index (χ3n) is 4.22. The van der Waals surface area contributed by atoms with E-state index in [1.54, 1.807) is 35.7 Å². The maximum Gasteiger partial charge on any atom is 0.232 e. The van der Waals surface area contributed by atoms with Gasteiger partial charge in [0.25, 0.3) is 0 Å². The van der Waals surface area contributed by atoms with Gasteiger partial charge in [-0.25, -0.2) is 22.8 Å². The van der Waals surface area contributed by atoms with Crippen LogP contribution in [0.15, 0.2) is 57.1 Å². The van der Waals surface area contributed by atoms with E-state index in [9.17, 15) is 17.6 Å². The summed E-state index contributed by atoms with van der Waals surface area (Å²) in [6, 6.07) is 11.3. The number of benzene rings is 2. The molecule has 11 heteroatoms. The molecular formula is C20H16FN3O3S4. The van der Waals surface area contributed by atoms with Crippen LogP contribution in [0, 0.1) is 5.82 Å². The van der Waals surface area contributed by atoms with E-state index in [0.717, 1.165) is 10.6 Å². The lowest BCUT2D eigenvalue weighted by Gasteiger charge is -2.00. The van der Waals surface area contributed by atoms with Gasteiger partial charge in [0, 0.05) is 17.4 Å². The number of hydrogen-bond acceptors (Lipinski definition) is 8. The average molecular weight is 494 g/mol. The number of sulfone groups is 1. The number of aromatic nitrogens is 2. The summed E-state index contributed by atoms with van der Waals surface area (Å²) in [6.45, 7) is 0. The zero-order valence-electron chi connectivity index (χ0n) is 16.2. The molecule has 0 saturated heterocycles. The largest absolute Gasteiger partial charge is 0.302 e. The number of nitrogens with zero attached hydrogens (tertiary/aromatic N) is 2. The minimum absolute atomic E-state index is 0.0846. The molecule has 1 amide bonds. The van der Waals surface area contributed by atoms with Crippen molar-refractivity contribution < 1.29 is 17.6 Å². The van der Waals surface area contributed by atoms with Gasteiger partial charge in [-0.05, 0) is 29.8 Å². The molecular weight excluding hydrogens is 478 g/mol. The summed E-state index contributed by atoms with van der Waals surface area (Å²) < 4.78 is 38.6. The lowest BCUT2D eigenvalue weighted by molar-refractivity contribution is -0.115. The molecule has 160 valence electrons. The van der Waals surface area contributed by atoms with Gasteiger partial charge in [0.05, 0.1) is 27.2 Å². The second kappa shape index (κ2) is 9.03. The Hall–Kier alpha value is -2.34. The normalized spacial score (nSPS) is 11.7. The highest BCUT2D eigenvalue weighted by atomic mass is 32.2. The molecule has 0 bridgehead atoms. The van der Waals surface area contributed by atoms with Crippen LogP contribution in [0.2, 0.25) is 0 Å². The van der Waals surface area contributed by atoms with Crippen molar-refractivity contribution in [3.05, 3.63) is 64.9 Å². The number of thioether (sulfide) groups is 1. The van der Waals surface area contributed by atoms with Crippen molar-refractivity contribution in [2.45, 2.75) is 21.4 Å². The van der Waals surface area contributed by atoms with Gasteiger partial charge < -0.3 is 5.32 Å². The van der Waals surface area contributed by atoms with Crippen LogP contribution in [-0.4, -0.2) is 30.5 Å². The Balaban J connectivity index is 1.37. The smallest absolute Gasteiger partial charge is 0.232 e. The van der Waals surface area contributed by atoms with Crippen molar-refractivity contribution in [1.82, 2.24) is 9.97 Å². The molecule has 6 nitrogen and oxygen atoms in total. The molecule has 0 atom stereocenters. The highest BCUT2D eigenvalue weighted by molar-refractivity contribution is 8.00. The van der Waals surface area contributed by atoms with Gasteiger partial charge in [0.1, 0.15) is 10.2 Å². The summed E-state index contributed by atoms with van der Waals surface area (Å²) in [5.41, 5.74) is 1.85. The minimum Gasteiger partial charge on any atom is -0.302 e. The first-order chi connectivity index (χ1) is 14.8. The first kappa shape index (κ1) is 21.9. The monoisotopic (exact) mass is 493 g/mol. The molecule has 2 heterocycles. The number of halogens is 1. The first-order valence-corrected chi connectivity index (χ1v) is 13.6. The predicted molar refractivity (Wildman–Crippen MR) is 123 cm³/mol. The van der Waals surface area contributed by atoms with Crippen LogP contribution in [0.3, 0.4) is 0 Å². The van der Waals surface area contributed by atoms with E-state index in [0.29, 0.717) is 32.4 Å². The van der Waals surface area contributed by atoms with E-state index in [-0.39, 0.29) is 23.0 Å². The third kappa shape index (κ3) is 5.48. The molecule has 1 N–H and O–H groups in total. The van der Waals surface area contributed by atoms with Crippen molar-refractivity contribution in [3.63, 3.8) is 0 Å². The van der Waals surface area contributed by atoms with E-state index in [4.69, 9.17) is 0 Å². The topological polar surface area (TPSA) is 89.0 Å². The predicted octanol–water partition coefficient (Wildman–Crippen LogP) is 4.77. The van der Waals surface area contributed by atoms with Crippen molar-refractivity contribution in [1.29, 1.82) is 0 Å². The van der Waals surface area contributed by atoms with E-state index in [2.05, 4.69) is 15.3 Å². The Labute approximate surface area is 190 Å². The van der Waals surface area contributed by atoms with E-state index < -0.39 is 9.84 Å². The number of rotatable bonds is 7. The average Bonchev–Trinajstić information content (AvgIpc) is 3.32. The molecule has 0 saturated carbocycles. The van der Waals surface area contributed by atoms with Crippen molar-refractivity contribution >= 4 is 65.5 Å². The number of fused-ring (bicyclic) bond motifs is 1. The van der Waals surface area contributed by atoms with Crippen LogP contribution in [0.4, 0.5) is 9.52 Å². The quantitative estimate of drug-likeness (QED) is 0.373. The molecule has 0 fully saturated rings. The van der Waals surface area contributed by atoms with E-state index in [1.165, 1.54) is 46.6 Å². The van der Waals surface area contributed by atoms with Crippen molar-refractivity contribution in [2.75, 3.05) is 11.6 Å². The van der Waals surface area contributed by atoms with Gasteiger partial charge in [-0.2, -0.15) is 0 Å². The molecule has 0 aliphatic rings. The lowest BCUT2D eigenvalue weighted by atomic mass is 10.2. The maximum atomic E-state index is 13.7. The highest BCUT2D eigenvalue weighted by Gasteiger charge is 2.14. The van der Waals surface area contributed by atoms with Crippen LogP contribution < -0.4 is 5.32 Å². The Kier molecular flexibility index (Phi) is 6.37. The van der Waals surface area contributed by atoms with Gasteiger partial charge in [-0.1, -0.05) is 41.3 Å².